The van der Waals surface area contributed by atoms with Crippen LogP contribution in [0.3, 0.4) is 0 Å². The summed E-state index contributed by atoms with van der Waals surface area (Å²) in [6.07, 6.45) is 12.6. The quantitative estimate of drug-likeness (QED) is 0.150. The third-order valence-electron chi connectivity index (χ3n) is 4.01. The maximum absolute atomic E-state index is 11.7. The minimum Gasteiger partial charge on any atom is -0.427 e. The van der Waals surface area contributed by atoms with E-state index in [1.54, 1.807) is 0 Å². The molecule has 0 saturated heterocycles. The van der Waals surface area contributed by atoms with Crippen LogP contribution in [0.15, 0.2) is 24.3 Å². The Kier molecular flexibility index (Phi) is 10.5. The number of benzene rings is 1. The summed E-state index contributed by atoms with van der Waals surface area (Å²) in [6.45, 7) is 2.23. The van der Waals surface area contributed by atoms with E-state index in [2.05, 4.69) is 6.92 Å². The van der Waals surface area contributed by atoms with Crippen LogP contribution < -0.4 is 4.74 Å². The van der Waals surface area contributed by atoms with Crippen molar-refractivity contribution in [2.24, 2.45) is 0 Å². The molecule has 1 aromatic rings. The van der Waals surface area contributed by atoms with Crippen LogP contribution in [0.5, 0.6) is 5.75 Å². The molecule has 0 heterocycles. The first kappa shape index (κ1) is 20.1. The lowest BCUT2D eigenvalue weighted by Crippen LogP contribution is -2.07. The molecule has 0 aliphatic rings. The number of ether oxygens (including phenoxy) is 1. The van der Waals surface area contributed by atoms with Crippen LogP contribution in [0, 0.1) is 10.1 Å². The van der Waals surface area contributed by atoms with Gasteiger partial charge in [-0.3, -0.25) is 14.9 Å². The molecule has 5 heteroatoms. The molecule has 0 saturated carbocycles. The number of carbonyl (C=O) groups is 1. The highest BCUT2D eigenvalue weighted by Crippen LogP contribution is 2.18. The molecule has 0 aliphatic heterocycles. The summed E-state index contributed by atoms with van der Waals surface area (Å²) in [5, 5.41) is 10.5. The van der Waals surface area contributed by atoms with Gasteiger partial charge in [0.2, 0.25) is 0 Å². The van der Waals surface area contributed by atoms with Crippen molar-refractivity contribution in [3.8, 4) is 5.75 Å². The molecule has 0 N–H and O–H groups in total. The molecule has 1 aromatic carbocycles. The highest BCUT2D eigenvalue weighted by Gasteiger charge is 2.08. The molecule has 0 amide bonds. The van der Waals surface area contributed by atoms with E-state index in [0.29, 0.717) is 12.2 Å². The van der Waals surface area contributed by atoms with Gasteiger partial charge in [0.25, 0.3) is 5.69 Å². The summed E-state index contributed by atoms with van der Waals surface area (Å²) < 4.78 is 5.17. The second kappa shape index (κ2) is 12.5. The van der Waals surface area contributed by atoms with Crippen molar-refractivity contribution in [1.29, 1.82) is 0 Å². The molecule has 0 atom stereocenters. The Hall–Kier alpha value is -1.91. The second-order valence-corrected chi connectivity index (χ2v) is 6.16. The Labute approximate surface area is 144 Å². The predicted octanol–water partition coefficient (Wildman–Crippen LogP) is 5.81. The second-order valence-electron chi connectivity index (χ2n) is 6.16. The zero-order valence-corrected chi connectivity index (χ0v) is 14.7. The van der Waals surface area contributed by atoms with Gasteiger partial charge in [-0.2, -0.15) is 0 Å². The van der Waals surface area contributed by atoms with E-state index in [9.17, 15) is 14.9 Å². The number of nitrogens with zero attached hydrogens (tertiary/aromatic N) is 1. The average molecular weight is 335 g/mol. The maximum atomic E-state index is 11.7. The monoisotopic (exact) mass is 335 g/mol. The van der Waals surface area contributed by atoms with Crippen molar-refractivity contribution in [3.63, 3.8) is 0 Å². The molecule has 0 aromatic heterocycles. The zero-order chi connectivity index (χ0) is 17.6. The van der Waals surface area contributed by atoms with Crippen molar-refractivity contribution >= 4 is 11.7 Å². The Bertz CT molecular complexity index is 485. The number of nitro groups is 1. The van der Waals surface area contributed by atoms with Gasteiger partial charge in [-0.25, -0.2) is 0 Å². The first-order valence-electron chi connectivity index (χ1n) is 9.08. The van der Waals surface area contributed by atoms with Crippen LogP contribution in [-0.4, -0.2) is 10.9 Å². The van der Waals surface area contributed by atoms with Crippen molar-refractivity contribution in [2.75, 3.05) is 0 Å². The summed E-state index contributed by atoms with van der Waals surface area (Å²) in [5.74, 6) is 0.0843. The van der Waals surface area contributed by atoms with Crippen molar-refractivity contribution in [3.05, 3.63) is 34.4 Å². The number of carbonyl (C=O) groups excluding carboxylic acids is 1. The fraction of sp³-hybridized carbons (Fsp3) is 0.632. The van der Waals surface area contributed by atoms with Gasteiger partial charge in [-0.15, -0.1) is 0 Å². The lowest BCUT2D eigenvalue weighted by Gasteiger charge is -2.04. The van der Waals surface area contributed by atoms with Gasteiger partial charge in [0.05, 0.1) is 4.92 Å². The van der Waals surface area contributed by atoms with Gasteiger partial charge < -0.3 is 4.74 Å². The van der Waals surface area contributed by atoms with E-state index < -0.39 is 4.92 Å². The largest absolute Gasteiger partial charge is 0.427 e. The molecule has 0 radical (unpaired) electrons. The van der Waals surface area contributed by atoms with E-state index in [1.807, 2.05) is 0 Å². The van der Waals surface area contributed by atoms with E-state index in [1.165, 1.54) is 75.6 Å². The Morgan fingerprint density at radius 3 is 1.92 bits per heavy atom. The van der Waals surface area contributed by atoms with Gasteiger partial charge >= 0.3 is 5.97 Å². The molecule has 0 aliphatic carbocycles. The van der Waals surface area contributed by atoms with Gasteiger partial charge in [0.1, 0.15) is 5.75 Å². The van der Waals surface area contributed by atoms with Crippen LogP contribution in [0.4, 0.5) is 5.69 Å². The fourth-order valence-corrected chi connectivity index (χ4v) is 2.58. The third-order valence-corrected chi connectivity index (χ3v) is 4.01. The number of hydrogen-bond acceptors (Lipinski definition) is 4. The molecular formula is C19H29NO4. The van der Waals surface area contributed by atoms with Crippen molar-refractivity contribution < 1.29 is 14.5 Å². The van der Waals surface area contributed by atoms with Gasteiger partial charge in [0.15, 0.2) is 0 Å². The van der Waals surface area contributed by atoms with Gasteiger partial charge in [-0.1, -0.05) is 64.7 Å². The fourth-order valence-electron chi connectivity index (χ4n) is 2.58. The number of esters is 1. The summed E-state index contributed by atoms with van der Waals surface area (Å²) in [5.41, 5.74) is -0.00973. The van der Waals surface area contributed by atoms with Crippen LogP contribution in [0.1, 0.15) is 77.6 Å². The van der Waals surface area contributed by atoms with Crippen molar-refractivity contribution in [1.82, 2.24) is 0 Å². The maximum Gasteiger partial charge on any atom is 0.311 e. The Morgan fingerprint density at radius 1 is 0.917 bits per heavy atom. The predicted molar refractivity (Wildman–Crippen MR) is 95.2 cm³/mol. The first-order chi connectivity index (χ1) is 11.6. The van der Waals surface area contributed by atoms with Crippen LogP contribution in [0.25, 0.3) is 0 Å². The highest BCUT2D eigenvalue weighted by atomic mass is 16.6. The zero-order valence-electron chi connectivity index (χ0n) is 14.7. The van der Waals surface area contributed by atoms with E-state index in [4.69, 9.17) is 4.74 Å². The summed E-state index contributed by atoms with van der Waals surface area (Å²) in [6, 6.07) is 5.58. The van der Waals surface area contributed by atoms with Gasteiger partial charge in [0, 0.05) is 18.6 Å². The third kappa shape index (κ3) is 9.28. The number of rotatable bonds is 13. The number of nitro benzene ring substituents is 1. The van der Waals surface area contributed by atoms with Crippen LogP contribution >= 0.6 is 0 Å². The first-order valence-corrected chi connectivity index (χ1v) is 9.08. The van der Waals surface area contributed by atoms with Crippen LogP contribution in [0.2, 0.25) is 0 Å². The minimum atomic E-state index is -0.477. The summed E-state index contributed by atoms with van der Waals surface area (Å²) >= 11 is 0. The van der Waals surface area contributed by atoms with Gasteiger partial charge in [-0.05, 0) is 18.6 Å². The minimum absolute atomic E-state index is 0.00973. The van der Waals surface area contributed by atoms with E-state index in [0.717, 1.165) is 12.8 Å². The molecule has 24 heavy (non-hydrogen) atoms. The number of non-ortho nitro benzene ring substituents is 1. The van der Waals surface area contributed by atoms with E-state index in [-0.39, 0.29) is 11.7 Å². The topological polar surface area (TPSA) is 69.4 Å². The Balaban J connectivity index is 2.03. The average Bonchev–Trinajstić information content (AvgIpc) is 2.57. The molecule has 1 rings (SSSR count). The summed E-state index contributed by atoms with van der Waals surface area (Å²) in [4.78, 5) is 21.8. The normalized spacial score (nSPS) is 10.5. The standard InChI is InChI=1S/C19H29NO4/c1-2-3-4-5-6-7-8-9-10-11-12-19(21)24-18-15-13-17(14-16-18)20(22)23/h13-16H,2-12H2,1H3. The molecule has 0 fully saturated rings. The SMILES string of the molecule is CCCCCCCCCCCCC(=O)Oc1ccc([N+](=O)[O-])cc1. The highest BCUT2D eigenvalue weighted by molar-refractivity contribution is 5.72. The molecule has 0 spiro atoms. The lowest BCUT2D eigenvalue weighted by molar-refractivity contribution is -0.384. The molecule has 5 nitrogen and oxygen atoms in total. The van der Waals surface area contributed by atoms with Crippen LogP contribution in [-0.2, 0) is 4.79 Å². The lowest BCUT2D eigenvalue weighted by atomic mass is 10.1. The Morgan fingerprint density at radius 2 is 1.42 bits per heavy atom. The summed E-state index contributed by atoms with van der Waals surface area (Å²) in [7, 11) is 0. The number of hydrogen-bond donors (Lipinski definition) is 0. The number of unbranched alkanes of at least 4 members (excludes halogenated alkanes) is 9. The molecule has 0 unspecified atom stereocenters. The molecule has 134 valence electrons. The molecule has 0 bridgehead atoms. The molecular weight excluding hydrogens is 306 g/mol. The van der Waals surface area contributed by atoms with E-state index >= 15 is 0 Å². The smallest absolute Gasteiger partial charge is 0.311 e. The van der Waals surface area contributed by atoms with Crippen molar-refractivity contribution in [2.45, 2.75) is 77.6 Å².